The fraction of sp³-hybridized carbons (Fsp3) is 0.250. The van der Waals surface area contributed by atoms with Crippen molar-refractivity contribution in [1.82, 2.24) is 15.0 Å². The summed E-state index contributed by atoms with van der Waals surface area (Å²) >= 11 is 1.30. The number of nitrogens with zero attached hydrogens (tertiary/aromatic N) is 4. The van der Waals surface area contributed by atoms with Crippen molar-refractivity contribution < 1.29 is 9.66 Å². The number of nitro groups is 1. The van der Waals surface area contributed by atoms with Crippen LogP contribution in [0.25, 0.3) is 11.4 Å². The van der Waals surface area contributed by atoms with Gasteiger partial charge in [0, 0.05) is 6.07 Å². The topological polar surface area (TPSA) is 117 Å². The lowest BCUT2D eigenvalue weighted by Gasteiger charge is -2.10. The van der Waals surface area contributed by atoms with E-state index in [4.69, 9.17) is 10.5 Å². The number of thioether (sulfide) groups is 1. The van der Waals surface area contributed by atoms with Crippen LogP contribution in [0, 0.1) is 10.1 Å². The first-order chi connectivity index (χ1) is 10.1. The number of hydrogen-bond acceptors (Lipinski definition) is 8. The maximum absolute atomic E-state index is 11.1. The summed E-state index contributed by atoms with van der Waals surface area (Å²) < 4.78 is 5.41. The normalized spacial score (nSPS) is 10.4. The van der Waals surface area contributed by atoms with Crippen LogP contribution in [0.4, 0.5) is 11.6 Å². The van der Waals surface area contributed by atoms with Crippen LogP contribution in [-0.2, 0) is 0 Å². The van der Waals surface area contributed by atoms with Crippen LogP contribution in [0.5, 0.6) is 5.75 Å². The molecule has 0 amide bonds. The Morgan fingerprint density at radius 2 is 2.14 bits per heavy atom. The Bertz CT molecular complexity index is 680. The highest BCUT2D eigenvalue weighted by molar-refractivity contribution is 7.98. The molecule has 1 aromatic heterocycles. The molecule has 0 aliphatic carbocycles. The van der Waals surface area contributed by atoms with Gasteiger partial charge in [0.25, 0.3) is 0 Å². The summed E-state index contributed by atoms with van der Waals surface area (Å²) in [6.07, 6.45) is 1.80. The molecule has 8 nitrogen and oxygen atoms in total. The Hall–Kier alpha value is -2.42. The summed E-state index contributed by atoms with van der Waals surface area (Å²) in [7, 11) is 0. The lowest BCUT2D eigenvalue weighted by atomic mass is 10.1. The van der Waals surface area contributed by atoms with E-state index in [1.54, 1.807) is 25.3 Å². The molecule has 0 saturated carbocycles. The second kappa shape index (κ2) is 6.35. The van der Waals surface area contributed by atoms with Gasteiger partial charge in [-0.1, -0.05) is 17.8 Å². The van der Waals surface area contributed by atoms with Crippen molar-refractivity contribution in [2.24, 2.45) is 0 Å². The Balaban J connectivity index is 2.65. The SMILES string of the molecule is CCOc1c(-c2nc(N)nc(SC)n2)cccc1[N+](=O)[O-]. The molecule has 0 radical (unpaired) electrons. The number of benzene rings is 1. The maximum Gasteiger partial charge on any atom is 0.311 e. The average molecular weight is 307 g/mol. The third-order valence-electron chi connectivity index (χ3n) is 2.54. The Morgan fingerprint density at radius 1 is 1.38 bits per heavy atom. The predicted molar refractivity (Wildman–Crippen MR) is 79.3 cm³/mol. The molecule has 0 saturated heterocycles. The molecule has 21 heavy (non-hydrogen) atoms. The van der Waals surface area contributed by atoms with Gasteiger partial charge in [-0.15, -0.1) is 0 Å². The summed E-state index contributed by atoms with van der Waals surface area (Å²) in [6.45, 7) is 2.03. The molecule has 0 fully saturated rings. The molecular weight excluding hydrogens is 294 g/mol. The van der Waals surface area contributed by atoms with E-state index in [0.29, 0.717) is 10.7 Å². The average Bonchev–Trinajstić information content (AvgIpc) is 2.46. The van der Waals surface area contributed by atoms with E-state index in [2.05, 4.69) is 15.0 Å². The monoisotopic (exact) mass is 307 g/mol. The fourth-order valence-corrected chi connectivity index (χ4v) is 2.09. The molecule has 0 aliphatic heterocycles. The minimum absolute atomic E-state index is 0.0540. The highest BCUT2D eigenvalue weighted by atomic mass is 32.2. The lowest BCUT2D eigenvalue weighted by Crippen LogP contribution is -2.04. The molecule has 2 rings (SSSR count). The van der Waals surface area contributed by atoms with Gasteiger partial charge in [0.2, 0.25) is 11.7 Å². The first kappa shape index (κ1) is 15.0. The standard InChI is InChI=1S/C12H13N5O3S/c1-3-20-9-7(5-4-6-8(9)17(18)19)10-14-11(13)16-12(15-10)21-2/h4-6H,3H2,1-2H3,(H2,13,14,15,16). The molecule has 9 heteroatoms. The van der Waals surface area contributed by atoms with Crippen LogP contribution >= 0.6 is 11.8 Å². The highest BCUT2D eigenvalue weighted by Gasteiger charge is 2.22. The van der Waals surface area contributed by atoms with E-state index >= 15 is 0 Å². The summed E-state index contributed by atoms with van der Waals surface area (Å²) in [5, 5.41) is 11.6. The Labute approximate surface area is 124 Å². The molecule has 2 N–H and O–H groups in total. The number of rotatable bonds is 5. The van der Waals surface area contributed by atoms with Gasteiger partial charge in [-0.3, -0.25) is 10.1 Å². The number of anilines is 1. The Morgan fingerprint density at radius 3 is 2.76 bits per heavy atom. The van der Waals surface area contributed by atoms with E-state index < -0.39 is 4.92 Å². The summed E-state index contributed by atoms with van der Waals surface area (Å²) in [4.78, 5) is 22.8. The molecule has 0 atom stereocenters. The molecule has 1 heterocycles. The fourth-order valence-electron chi connectivity index (χ4n) is 1.72. The van der Waals surface area contributed by atoms with Gasteiger partial charge in [0.05, 0.1) is 17.1 Å². The number of hydrogen-bond donors (Lipinski definition) is 1. The van der Waals surface area contributed by atoms with Crippen LogP contribution in [0.3, 0.4) is 0 Å². The van der Waals surface area contributed by atoms with Gasteiger partial charge in [0.1, 0.15) is 0 Å². The summed E-state index contributed by atoms with van der Waals surface area (Å²) in [5.74, 6) is 0.431. The zero-order valence-electron chi connectivity index (χ0n) is 11.4. The van der Waals surface area contributed by atoms with Gasteiger partial charge in [0.15, 0.2) is 11.0 Å². The van der Waals surface area contributed by atoms with E-state index in [1.807, 2.05) is 0 Å². The van der Waals surface area contributed by atoms with Crippen LogP contribution in [0.15, 0.2) is 23.4 Å². The van der Waals surface area contributed by atoms with Crippen molar-refractivity contribution >= 4 is 23.4 Å². The van der Waals surface area contributed by atoms with Crippen LogP contribution in [-0.4, -0.2) is 32.7 Å². The van der Waals surface area contributed by atoms with Gasteiger partial charge in [-0.2, -0.15) is 9.97 Å². The Kier molecular flexibility index (Phi) is 4.53. The number of nitro benzene ring substituents is 1. The molecule has 0 unspecified atom stereocenters. The van der Waals surface area contributed by atoms with Crippen molar-refractivity contribution in [2.75, 3.05) is 18.6 Å². The van der Waals surface area contributed by atoms with Crippen LogP contribution < -0.4 is 10.5 Å². The van der Waals surface area contributed by atoms with E-state index in [-0.39, 0.29) is 29.8 Å². The molecule has 0 spiro atoms. The van der Waals surface area contributed by atoms with E-state index in [1.165, 1.54) is 17.8 Å². The number of aromatic nitrogens is 3. The molecular formula is C12H13N5O3S. The minimum Gasteiger partial charge on any atom is -0.487 e. The third-order valence-corrected chi connectivity index (χ3v) is 3.08. The second-order valence-electron chi connectivity index (χ2n) is 3.85. The number of nitrogen functional groups attached to an aromatic ring is 1. The number of para-hydroxylation sites is 1. The van der Waals surface area contributed by atoms with Gasteiger partial charge >= 0.3 is 5.69 Å². The predicted octanol–water partition coefficient (Wildman–Crippen LogP) is 2.15. The molecule has 110 valence electrons. The minimum atomic E-state index is -0.505. The van der Waals surface area contributed by atoms with E-state index in [0.717, 1.165) is 0 Å². The second-order valence-corrected chi connectivity index (χ2v) is 4.62. The molecule has 1 aromatic carbocycles. The van der Waals surface area contributed by atoms with Crippen molar-refractivity contribution in [3.8, 4) is 17.1 Å². The third kappa shape index (κ3) is 3.19. The first-order valence-electron chi connectivity index (χ1n) is 6.03. The largest absolute Gasteiger partial charge is 0.487 e. The van der Waals surface area contributed by atoms with E-state index in [9.17, 15) is 10.1 Å². The maximum atomic E-state index is 11.1. The quantitative estimate of drug-likeness (QED) is 0.507. The molecule has 2 aromatic rings. The zero-order valence-corrected chi connectivity index (χ0v) is 12.3. The van der Waals surface area contributed by atoms with Crippen LogP contribution in [0.1, 0.15) is 6.92 Å². The van der Waals surface area contributed by atoms with Gasteiger partial charge in [-0.25, -0.2) is 4.98 Å². The smallest absolute Gasteiger partial charge is 0.311 e. The van der Waals surface area contributed by atoms with Gasteiger partial charge in [-0.05, 0) is 19.2 Å². The zero-order chi connectivity index (χ0) is 15.4. The highest BCUT2D eigenvalue weighted by Crippen LogP contribution is 2.36. The van der Waals surface area contributed by atoms with Crippen molar-refractivity contribution in [3.05, 3.63) is 28.3 Å². The van der Waals surface area contributed by atoms with Crippen molar-refractivity contribution in [2.45, 2.75) is 12.1 Å². The lowest BCUT2D eigenvalue weighted by molar-refractivity contribution is -0.385. The van der Waals surface area contributed by atoms with Gasteiger partial charge < -0.3 is 10.5 Å². The van der Waals surface area contributed by atoms with Crippen molar-refractivity contribution in [1.29, 1.82) is 0 Å². The summed E-state index contributed by atoms with van der Waals surface area (Å²) in [5.41, 5.74) is 5.92. The van der Waals surface area contributed by atoms with Crippen LogP contribution in [0.2, 0.25) is 0 Å². The number of ether oxygens (including phenoxy) is 1. The number of nitrogens with two attached hydrogens (primary N) is 1. The molecule has 0 aliphatic rings. The first-order valence-corrected chi connectivity index (χ1v) is 7.25. The van der Waals surface area contributed by atoms with Crippen molar-refractivity contribution in [3.63, 3.8) is 0 Å². The molecule has 0 bridgehead atoms. The summed E-state index contributed by atoms with van der Waals surface area (Å²) in [6, 6.07) is 4.57.